The van der Waals surface area contributed by atoms with E-state index in [1.807, 2.05) is 30.3 Å². The zero-order chi connectivity index (χ0) is 19.2. The summed E-state index contributed by atoms with van der Waals surface area (Å²) in [5.74, 6) is 0.649. The van der Waals surface area contributed by atoms with Crippen LogP contribution < -0.4 is 5.32 Å². The van der Waals surface area contributed by atoms with E-state index in [0.717, 1.165) is 36.8 Å². The van der Waals surface area contributed by atoms with Crippen molar-refractivity contribution in [1.82, 2.24) is 5.32 Å². The van der Waals surface area contributed by atoms with Crippen molar-refractivity contribution in [3.63, 3.8) is 0 Å². The summed E-state index contributed by atoms with van der Waals surface area (Å²) < 4.78 is 20.3. The van der Waals surface area contributed by atoms with Crippen LogP contribution in [0.2, 0.25) is 0 Å². The highest BCUT2D eigenvalue weighted by Gasteiger charge is 2.23. The van der Waals surface area contributed by atoms with Crippen LogP contribution in [0.4, 0.5) is 0 Å². The first-order valence-corrected chi connectivity index (χ1v) is 10.7. The van der Waals surface area contributed by atoms with Gasteiger partial charge in [0.15, 0.2) is 11.1 Å². The average Bonchev–Trinajstić information content (AvgIpc) is 2.69. The number of hydrogen-bond acceptors (Lipinski definition) is 2. The van der Waals surface area contributed by atoms with Crippen LogP contribution >= 0.6 is 0 Å². The standard InChI is InChI=1S/C22H27NO3S/c1-16(27(25)26)18-9-7-17(8-10-18)15-22(24)23-21-13-11-20(12-14-21)19-5-3-2-4-6-19/h2-10,16,20-21H,11-15H2,1H3,(H,23,24)(H,25,26). The van der Waals surface area contributed by atoms with E-state index in [-0.39, 0.29) is 11.9 Å². The van der Waals surface area contributed by atoms with E-state index in [1.54, 1.807) is 6.92 Å². The lowest BCUT2D eigenvalue weighted by molar-refractivity contribution is -0.121. The van der Waals surface area contributed by atoms with Gasteiger partial charge in [0.05, 0.1) is 11.7 Å². The monoisotopic (exact) mass is 385 g/mol. The number of rotatable bonds is 6. The van der Waals surface area contributed by atoms with Crippen LogP contribution in [0.5, 0.6) is 0 Å². The molecular weight excluding hydrogens is 358 g/mol. The predicted octanol–water partition coefficient (Wildman–Crippen LogP) is 4.35. The molecule has 0 saturated heterocycles. The summed E-state index contributed by atoms with van der Waals surface area (Å²) in [5.41, 5.74) is 3.13. The summed E-state index contributed by atoms with van der Waals surface area (Å²) in [6, 6.07) is 18.3. The van der Waals surface area contributed by atoms with Crippen LogP contribution in [-0.2, 0) is 22.3 Å². The molecule has 1 aliphatic carbocycles. The fourth-order valence-electron chi connectivity index (χ4n) is 3.78. The zero-order valence-corrected chi connectivity index (χ0v) is 16.5. The Morgan fingerprint density at radius 1 is 1.07 bits per heavy atom. The zero-order valence-electron chi connectivity index (χ0n) is 15.6. The molecule has 0 aromatic heterocycles. The minimum absolute atomic E-state index is 0.0460. The molecule has 2 unspecified atom stereocenters. The molecular formula is C22H27NO3S. The molecule has 2 aromatic rings. The van der Waals surface area contributed by atoms with Gasteiger partial charge in [-0.15, -0.1) is 0 Å². The van der Waals surface area contributed by atoms with E-state index in [4.69, 9.17) is 0 Å². The van der Waals surface area contributed by atoms with Gasteiger partial charge in [0.2, 0.25) is 5.91 Å². The van der Waals surface area contributed by atoms with Gasteiger partial charge < -0.3 is 9.87 Å². The normalized spacial score (nSPS) is 22.0. The molecule has 144 valence electrons. The Bertz CT molecular complexity index is 768. The van der Waals surface area contributed by atoms with E-state index >= 15 is 0 Å². The van der Waals surface area contributed by atoms with Gasteiger partial charge in [0.25, 0.3) is 0 Å². The Morgan fingerprint density at radius 3 is 2.30 bits per heavy atom. The summed E-state index contributed by atoms with van der Waals surface area (Å²) in [6.45, 7) is 1.71. The largest absolute Gasteiger partial charge is 0.353 e. The molecule has 4 nitrogen and oxygen atoms in total. The first-order chi connectivity index (χ1) is 13.0. The van der Waals surface area contributed by atoms with Gasteiger partial charge in [-0.25, -0.2) is 4.21 Å². The van der Waals surface area contributed by atoms with Crippen molar-refractivity contribution >= 4 is 17.0 Å². The van der Waals surface area contributed by atoms with Crippen LogP contribution in [0.25, 0.3) is 0 Å². The van der Waals surface area contributed by atoms with Crippen molar-refractivity contribution < 1.29 is 13.6 Å². The smallest absolute Gasteiger partial charge is 0.224 e. The van der Waals surface area contributed by atoms with E-state index in [1.165, 1.54) is 5.56 Å². The van der Waals surface area contributed by atoms with E-state index in [0.29, 0.717) is 12.3 Å². The molecule has 1 saturated carbocycles. The first-order valence-electron chi connectivity index (χ1n) is 9.55. The van der Waals surface area contributed by atoms with Gasteiger partial charge in [-0.3, -0.25) is 4.79 Å². The third-order valence-electron chi connectivity index (χ3n) is 5.48. The maximum absolute atomic E-state index is 12.4. The lowest BCUT2D eigenvalue weighted by Gasteiger charge is -2.29. The fraction of sp³-hybridized carbons (Fsp3) is 0.409. The maximum atomic E-state index is 12.4. The summed E-state index contributed by atoms with van der Waals surface area (Å²) in [6.07, 6.45) is 4.60. The topological polar surface area (TPSA) is 66.4 Å². The van der Waals surface area contributed by atoms with Crippen LogP contribution in [0.3, 0.4) is 0 Å². The summed E-state index contributed by atoms with van der Waals surface area (Å²) in [7, 11) is 0. The summed E-state index contributed by atoms with van der Waals surface area (Å²) >= 11 is -1.88. The van der Waals surface area contributed by atoms with Crippen molar-refractivity contribution in [2.75, 3.05) is 0 Å². The Balaban J connectivity index is 1.47. The van der Waals surface area contributed by atoms with Crippen LogP contribution in [-0.4, -0.2) is 20.7 Å². The number of carbonyl (C=O) groups excluding carboxylic acids is 1. The number of amides is 1. The average molecular weight is 386 g/mol. The van der Waals surface area contributed by atoms with Gasteiger partial charge >= 0.3 is 0 Å². The minimum Gasteiger partial charge on any atom is -0.353 e. The SMILES string of the molecule is CC(c1ccc(CC(=O)NC2CCC(c3ccccc3)CC2)cc1)S(=O)O. The molecule has 2 aromatic carbocycles. The molecule has 0 heterocycles. The van der Waals surface area contributed by atoms with Crippen molar-refractivity contribution in [3.8, 4) is 0 Å². The molecule has 1 amide bonds. The van der Waals surface area contributed by atoms with E-state index < -0.39 is 16.3 Å². The molecule has 0 spiro atoms. The molecule has 2 N–H and O–H groups in total. The molecule has 1 fully saturated rings. The first kappa shape index (κ1) is 19.8. The van der Waals surface area contributed by atoms with Gasteiger partial charge in [-0.2, -0.15) is 0 Å². The van der Waals surface area contributed by atoms with Gasteiger partial charge in [0, 0.05) is 6.04 Å². The van der Waals surface area contributed by atoms with Gasteiger partial charge in [0.1, 0.15) is 0 Å². The highest BCUT2D eigenvalue weighted by atomic mass is 32.2. The molecule has 5 heteroatoms. The molecule has 0 bridgehead atoms. The number of hydrogen-bond donors (Lipinski definition) is 2. The van der Waals surface area contributed by atoms with Crippen LogP contribution in [0.15, 0.2) is 54.6 Å². The van der Waals surface area contributed by atoms with Gasteiger partial charge in [-0.05, 0) is 55.2 Å². The summed E-state index contributed by atoms with van der Waals surface area (Å²) in [4.78, 5) is 12.4. The fourth-order valence-corrected chi connectivity index (χ4v) is 4.17. The highest BCUT2D eigenvalue weighted by Crippen LogP contribution is 2.32. The Kier molecular flexibility index (Phi) is 6.80. The van der Waals surface area contributed by atoms with Crippen LogP contribution in [0, 0.1) is 0 Å². The lowest BCUT2D eigenvalue weighted by Crippen LogP contribution is -2.38. The Hall–Kier alpha value is -1.98. The quantitative estimate of drug-likeness (QED) is 0.726. The van der Waals surface area contributed by atoms with Crippen molar-refractivity contribution in [1.29, 1.82) is 0 Å². The third kappa shape index (κ3) is 5.50. The highest BCUT2D eigenvalue weighted by molar-refractivity contribution is 7.79. The van der Waals surface area contributed by atoms with Crippen LogP contribution in [0.1, 0.15) is 60.5 Å². The maximum Gasteiger partial charge on any atom is 0.224 e. The number of benzene rings is 2. The second-order valence-corrected chi connectivity index (χ2v) is 8.62. The molecule has 3 rings (SSSR count). The predicted molar refractivity (Wildman–Crippen MR) is 109 cm³/mol. The second-order valence-electron chi connectivity index (χ2n) is 7.36. The van der Waals surface area contributed by atoms with Crippen molar-refractivity contribution in [2.45, 2.75) is 56.2 Å². The third-order valence-corrected chi connectivity index (χ3v) is 6.36. The summed E-state index contributed by atoms with van der Waals surface area (Å²) in [5, 5.41) is 2.74. The minimum atomic E-state index is -1.88. The van der Waals surface area contributed by atoms with Crippen molar-refractivity contribution in [2.24, 2.45) is 0 Å². The molecule has 1 aliphatic rings. The Labute approximate surface area is 163 Å². The number of nitrogens with one attached hydrogen (secondary N) is 1. The molecule has 0 aliphatic heterocycles. The van der Waals surface area contributed by atoms with E-state index in [9.17, 15) is 13.6 Å². The second kappa shape index (κ2) is 9.29. The molecule has 2 atom stereocenters. The molecule has 27 heavy (non-hydrogen) atoms. The Morgan fingerprint density at radius 2 is 1.70 bits per heavy atom. The van der Waals surface area contributed by atoms with Crippen molar-refractivity contribution in [3.05, 3.63) is 71.3 Å². The van der Waals surface area contributed by atoms with E-state index in [2.05, 4.69) is 29.6 Å². The van der Waals surface area contributed by atoms with Gasteiger partial charge in [-0.1, -0.05) is 54.6 Å². The number of carbonyl (C=O) groups is 1. The molecule has 0 radical (unpaired) electrons. The lowest BCUT2D eigenvalue weighted by atomic mass is 9.82.